The summed E-state index contributed by atoms with van der Waals surface area (Å²) in [5.41, 5.74) is 1.77. The van der Waals surface area contributed by atoms with Gasteiger partial charge in [0.15, 0.2) is 0 Å². The van der Waals surface area contributed by atoms with Gasteiger partial charge in [0.1, 0.15) is 11.3 Å². The van der Waals surface area contributed by atoms with Crippen LogP contribution in [0.1, 0.15) is 20.8 Å². The highest BCUT2D eigenvalue weighted by atomic mass is 16.6. The van der Waals surface area contributed by atoms with E-state index in [0.717, 1.165) is 6.07 Å². The van der Waals surface area contributed by atoms with Gasteiger partial charge in [0.25, 0.3) is 5.69 Å². The minimum Gasteiger partial charge on any atom is -0.373 e. The number of nitrogens with zero attached hydrogens (tertiary/aromatic N) is 3. The van der Waals surface area contributed by atoms with E-state index < -0.39 is 21.1 Å². The Morgan fingerprint density at radius 2 is 1.90 bits per heavy atom. The van der Waals surface area contributed by atoms with Crippen molar-refractivity contribution in [2.75, 3.05) is 12.5 Å². The monoisotopic (exact) mass is 296 g/mol. The van der Waals surface area contributed by atoms with E-state index in [0.29, 0.717) is 5.71 Å². The van der Waals surface area contributed by atoms with Crippen LogP contribution in [-0.2, 0) is 4.74 Å². The molecule has 0 aliphatic rings. The van der Waals surface area contributed by atoms with Crippen molar-refractivity contribution in [1.29, 1.82) is 0 Å². The van der Waals surface area contributed by atoms with E-state index in [2.05, 4.69) is 10.5 Å². The number of rotatable bonds is 6. The highest BCUT2D eigenvalue weighted by Gasteiger charge is 2.22. The molecule has 9 nitrogen and oxygen atoms in total. The number of nitrogens with one attached hydrogen (secondary N) is 1. The molecule has 9 heteroatoms. The fourth-order valence-electron chi connectivity index (χ4n) is 1.31. The summed E-state index contributed by atoms with van der Waals surface area (Å²) < 4.78 is 5.22. The van der Waals surface area contributed by atoms with Crippen LogP contribution >= 0.6 is 0 Å². The lowest BCUT2D eigenvalue weighted by molar-refractivity contribution is -0.393. The van der Waals surface area contributed by atoms with Crippen LogP contribution in [0.15, 0.2) is 23.3 Å². The molecule has 114 valence electrons. The van der Waals surface area contributed by atoms with E-state index in [4.69, 9.17) is 4.74 Å². The van der Waals surface area contributed by atoms with E-state index in [1.54, 1.807) is 20.8 Å². The maximum Gasteiger partial charge on any atom is 0.301 e. The van der Waals surface area contributed by atoms with Crippen molar-refractivity contribution in [3.05, 3.63) is 38.4 Å². The largest absolute Gasteiger partial charge is 0.373 e. The van der Waals surface area contributed by atoms with Crippen LogP contribution in [0.25, 0.3) is 0 Å². The molecule has 0 unspecified atom stereocenters. The first-order valence-corrected chi connectivity index (χ1v) is 5.98. The van der Waals surface area contributed by atoms with Gasteiger partial charge in [-0.25, -0.2) is 0 Å². The summed E-state index contributed by atoms with van der Waals surface area (Å²) in [4.78, 5) is 20.2. The third-order valence-electron chi connectivity index (χ3n) is 3.11. The highest BCUT2D eigenvalue weighted by molar-refractivity contribution is 5.90. The van der Waals surface area contributed by atoms with Crippen molar-refractivity contribution < 1.29 is 14.6 Å². The second-order valence-corrected chi connectivity index (χ2v) is 4.74. The van der Waals surface area contributed by atoms with Gasteiger partial charge < -0.3 is 4.74 Å². The van der Waals surface area contributed by atoms with Crippen LogP contribution in [0.4, 0.5) is 17.1 Å². The van der Waals surface area contributed by atoms with Crippen molar-refractivity contribution in [3.63, 3.8) is 0 Å². The molecule has 0 aliphatic heterocycles. The molecular formula is C12H16N4O5. The van der Waals surface area contributed by atoms with Gasteiger partial charge in [-0.15, -0.1) is 0 Å². The fraction of sp³-hybridized carbons (Fsp3) is 0.417. The van der Waals surface area contributed by atoms with Gasteiger partial charge in [-0.1, -0.05) is 0 Å². The Labute approximate surface area is 120 Å². The molecule has 0 aromatic heterocycles. The van der Waals surface area contributed by atoms with Gasteiger partial charge in [0.05, 0.1) is 21.6 Å². The van der Waals surface area contributed by atoms with Gasteiger partial charge in [0.2, 0.25) is 0 Å². The molecule has 1 aromatic carbocycles. The first kappa shape index (κ1) is 16.5. The minimum absolute atomic E-state index is 0.0665. The fourth-order valence-corrected chi connectivity index (χ4v) is 1.31. The molecule has 21 heavy (non-hydrogen) atoms. The SMILES string of the molecule is COC(C)(C)/C(C)=N/Nc1ccc([N+](=O)[O-])cc1[N+](=O)[O-]. The summed E-state index contributed by atoms with van der Waals surface area (Å²) in [6, 6.07) is 3.29. The maximum absolute atomic E-state index is 11.0. The average molecular weight is 296 g/mol. The topological polar surface area (TPSA) is 120 Å². The summed E-state index contributed by atoms with van der Waals surface area (Å²) >= 11 is 0. The number of methoxy groups -OCH3 is 1. The third-order valence-corrected chi connectivity index (χ3v) is 3.11. The molecule has 0 radical (unpaired) electrons. The zero-order valence-corrected chi connectivity index (χ0v) is 12.1. The molecule has 1 N–H and O–H groups in total. The quantitative estimate of drug-likeness (QED) is 0.489. The summed E-state index contributed by atoms with van der Waals surface area (Å²) in [5, 5.41) is 25.6. The number of nitro groups is 2. The molecule has 0 atom stereocenters. The number of anilines is 1. The molecular weight excluding hydrogens is 280 g/mol. The Morgan fingerprint density at radius 3 is 2.38 bits per heavy atom. The van der Waals surface area contributed by atoms with E-state index >= 15 is 0 Å². The van der Waals surface area contributed by atoms with Crippen molar-refractivity contribution in [1.82, 2.24) is 0 Å². The van der Waals surface area contributed by atoms with Gasteiger partial charge in [-0.2, -0.15) is 5.10 Å². The van der Waals surface area contributed by atoms with Crippen LogP contribution in [0.2, 0.25) is 0 Å². The van der Waals surface area contributed by atoms with E-state index in [9.17, 15) is 20.2 Å². The Balaban J connectivity index is 3.12. The lowest BCUT2D eigenvalue weighted by atomic mass is 10.0. The summed E-state index contributed by atoms with van der Waals surface area (Å²) in [6.07, 6.45) is 0. The summed E-state index contributed by atoms with van der Waals surface area (Å²) in [6.45, 7) is 5.28. The van der Waals surface area contributed by atoms with Crippen molar-refractivity contribution in [2.45, 2.75) is 26.4 Å². The molecule has 1 aromatic rings. The second-order valence-electron chi connectivity index (χ2n) is 4.74. The van der Waals surface area contributed by atoms with Gasteiger partial charge in [-0.3, -0.25) is 25.7 Å². The maximum atomic E-state index is 11.0. The molecule has 0 saturated heterocycles. The first-order chi connectivity index (χ1) is 9.69. The number of nitro benzene ring substituents is 2. The molecule has 0 fully saturated rings. The average Bonchev–Trinajstić information content (AvgIpc) is 2.44. The Morgan fingerprint density at radius 1 is 1.29 bits per heavy atom. The molecule has 0 amide bonds. The third kappa shape index (κ3) is 3.96. The zero-order chi connectivity index (χ0) is 16.2. The molecule has 0 heterocycles. The first-order valence-electron chi connectivity index (χ1n) is 5.98. The second kappa shape index (κ2) is 6.27. The number of hydrazone groups is 1. The van der Waals surface area contributed by atoms with Gasteiger partial charge in [-0.05, 0) is 26.8 Å². The molecule has 0 bridgehead atoms. The van der Waals surface area contributed by atoms with E-state index in [1.165, 1.54) is 19.2 Å². The molecule has 0 spiro atoms. The number of ether oxygens (including phenoxy) is 1. The van der Waals surface area contributed by atoms with Gasteiger partial charge >= 0.3 is 5.69 Å². The number of hydrogen-bond donors (Lipinski definition) is 1. The van der Waals surface area contributed by atoms with Gasteiger partial charge in [0, 0.05) is 13.2 Å². The summed E-state index contributed by atoms with van der Waals surface area (Å²) in [5.74, 6) is 0. The predicted octanol–water partition coefficient (Wildman–Crippen LogP) is 2.72. The smallest absolute Gasteiger partial charge is 0.301 e. The number of hydrogen-bond acceptors (Lipinski definition) is 7. The van der Waals surface area contributed by atoms with Crippen LogP contribution in [0, 0.1) is 20.2 Å². The minimum atomic E-state index is -0.707. The van der Waals surface area contributed by atoms with E-state index in [-0.39, 0.29) is 11.4 Å². The Bertz CT molecular complexity index is 597. The predicted molar refractivity (Wildman–Crippen MR) is 77.6 cm³/mol. The number of non-ortho nitro benzene ring substituents is 1. The van der Waals surface area contributed by atoms with E-state index in [1.807, 2.05) is 0 Å². The van der Waals surface area contributed by atoms with Crippen molar-refractivity contribution in [2.24, 2.45) is 5.10 Å². The van der Waals surface area contributed by atoms with Crippen LogP contribution in [0.3, 0.4) is 0 Å². The summed E-state index contributed by atoms with van der Waals surface area (Å²) in [7, 11) is 1.52. The van der Waals surface area contributed by atoms with Crippen LogP contribution < -0.4 is 5.43 Å². The lowest BCUT2D eigenvalue weighted by Crippen LogP contribution is -2.32. The van der Waals surface area contributed by atoms with Crippen molar-refractivity contribution >= 4 is 22.8 Å². The normalized spacial score (nSPS) is 12.1. The molecule has 0 saturated carbocycles. The van der Waals surface area contributed by atoms with Crippen LogP contribution in [-0.4, -0.2) is 28.3 Å². The standard InChI is InChI=1S/C12H16N4O5/c1-8(12(2,3)21-4)13-14-10-6-5-9(15(17)18)7-11(10)16(19)20/h5-7,14H,1-4H3/b13-8+. The Kier molecular flexibility index (Phi) is 4.93. The van der Waals surface area contributed by atoms with Crippen molar-refractivity contribution in [3.8, 4) is 0 Å². The van der Waals surface area contributed by atoms with Crippen LogP contribution in [0.5, 0.6) is 0 Å². The molecule has 0 aliphatic carbocycles. The zero-order valence-electron chi connectivity index (χ0n) is 12.1. The lowest BCUT2D eigenvalue weighted by Gasteiger charge is -2.22. The Hall–Kier alpha value is -2.55. The highest BCUT2D eigenvalue weighted by Crippen LogP contribution is 2.29. The molecule has 1 rings (SSSR count). The number of benzene rings is 1.